The maximum atomic E-state index is 12.7. The molecule has 0 atom stereocenters. The Bertz CT molecular complexity index is 392. The number of benzene rings is 1. The van der Waals surface area contributed by atoms with Crippen LogP contribution in [-0.2, 0) is 4.79 Å². The number of carboxylic acid groups (broad SMARTS) is 1. The summed E-state index contributed by atoms with van der Waals surface area (Å²) < 4.78 is 18.2. The van der Waals surface area contributed by atoms with Crippen LogP contribution >= 0.6 is 0 Å². The Kier molecular flexibility index (Phi) is 6.29. The van der Waals surface area contributed by atoms with Gasteiger partial charge < -0.3 is 9.84 Å². The molecule has 0 aliphatic rings. The first kappa shape index (κ1) is 15.4. The third-order valence-electron chi connectivity index (χ3n) is 2.80. The lowest BCUT2D eigenvalue weighted by atomic mass is 10.3. The number of carbonyl (C=O) groups is 1. The minimum atomic E-state index is -0.801. The monoisotopic (exact) mass is 269 g/mol. The van der Waals surface area contributed by atoms with Crippen molar-refractivity contribution in [2.45, 2.75) is 26.3 Å². The largest absolute Gasteiger partial charge is 0.492 e. The lowest BCUT2D eigenvalue weighted by molar-refractivity contribution is -0.137. The maximum Gasteiger partial charge on any atom is 0.304 e. The van der Waals surface area contributed by atoms with Gasteiger partial charge in [-0.05, 0) is 38.1 Å². The molecule has 0 spiro atoms. The first-order valence-electron chi connectivity index (χ1n) is 6.33. The Hall–Kier alpha value is -1.62. The third kappa shape index (κ3) is 6.20. The van der Waals surface area contributed by atoms with Gasteiger partial charge >= 0.3 is 5.97 Å². The second-order valence-corrected chi connectivity index (χ2v) is 4.58. The average Bonchev–Trinajstić information content (AvgIpc) is 2.35. The lowest BCUT2D eigenvalue weighted by Crippen LogP contribution is -2.36. The molecule has 5 heteroatoms. The van der Waals surface area contributed by atoms with Crippen molar-refractivity contribution in [1.29, 1.82) is 0 Å². The highest BCUT2D eigenvalue weighted by molar-refractivity contribution is 5.66. The molecule has 0 aliphatic heterocycles. The number of nitrogens with zero attached hydrogens (tertiary/aromatic N) is 1. The first-order chi connectivity index (χ1) is 8.99. The van der Waals surface area contributed by atoms with Crippen LogP contribution in [0.3, 0.4) is 0 Å². The fourth-order valence-electron chi connectivity index (χ4n) is 1.68. The predicted octanol–water partition coefficient (Wildman–Crippen LogP) is 2.39. The minimum absolute atomic E-state index is 0.120. The third-order valence-corrected chi connectivity index (χ3v) is 2.80. The number of halogens is 1. The molecule has 1 aromatic carbocycles. The minimum Gasteiger partial charge on any atom is -0.492 e. The van der Waals surface area contributed by atoms with Crippen molar-refractivity contribution in [2.24, 2.45) is 0 Å². The molecular formula is C14H20FNO3. The van der Waals surface area contributed by atoms with E-state index >= 15 is 0 Å². The van der Waals surface area contributed by atoms with Crippen LogP contribution in [0.5, 0.6) is 5.75 Å². The number of hydrogen-bond acceptors (Lipinski definition) is 3. The predicted molar refractivity (Wildman–Crippen MR) is 70.9 cm³/mol. The SMILES string of the molecule is CC(C)N(CCOc1ccc(F)cc1)CCC(=O)O. The molecule has 0 heterocycles. The summed E-state index contributed by atoms with van der Waals surface area (Å²) in [5.41, 5.74) is 0. The highest BCUT2D eigenvalue weighted by Crippen LogP contribution is 2.11. The molecule has 0 aliphatic carbocycles. The fraction of sp³-hybridized carbons (Fsp3) is 0.500. The Morgan fingerprint density at radius 1 is 1.32 bits per heavy atom. The number of rotatable bonds is 8. The van der Waals surface area contributed by atoms with Crippen LogP contribution in [0.1, 0.15) is 20.3 Å². The van der Waals surface area contributed by atoms with Gasteiger partial charge in [0.25, 0.3) is 0 Å². The highest BCUT2D eigenvalue weighted by Gasteiger charge is 2.11. The van der Waals surface area contributed by atoms with Crippen molar-refractivity contribution >= 4 is 5.97 Å². The van der Waals surface area contributed by atoms with Crippen molar-refractivity contribution < 1.29 is 19.0 Å². The zero-order valence-electron chi connectivity index (χ0n) is 11.3. The van der Waals surface area contributed by atoms with Gasteiger partial charge in [-0.15, -0.1) is 0 Å². The van der Waals surface area contributed by atoms with E-state index in [1.165, 1.54) is 12.1 Å². The van der Waals surface area contributed by atoms with Gasteiger partial charge in [-0.2, -0.15) is 0 Å². The van der Waals surface area contributed by atoms with Gasteiger partial charge in [0.1, 0.15) is 18.2 Å². The summed E-state index contributed by atoms with van der Waals surface area (Å²) in [6.45, 7) is 5.62. The van der Waals surface area contributed by atoms with Gasteiger partial charge in [-0.25, -0.2) is 4.39 Å². The summed E-state index contributed by atoms with van der Waals surface area (Å²) in [5.74, 6) is -0.481. The van der Waals surface area contributed by atoms with Gasteiger partial charge in [-0.1, -0.05) is 0 Å². The highest BCUT2D eigenvalue weighted by atomic mass is 19.1. The van der Waals surface area contributed by atoms with Crippen molar-refractivity contribution in [2.75, 3.05) is 19.7 Å². The average molecular weight is 269 g/mol. The molecular weight excluding hydrogens is 249 g/mol. The van der Waals surface area contributed by atoms with Gasteiger partial charge in [0, 0.05) is 19.1 Å². The van der Waals surface area contributed by atoms with Crippen molar-refractivity contribution in [3.63, 3.8) is 0 Å². The standard InChI is InChI=1S/C14H20FNO3/c1-11(2)16(8-7-14(17)18)9-10-19-13-5-3-12(15)4-6-13/h3-6,11H,7-10H2,1-2H3,(H,17,18). The van der Waals surface area contributed by atoms with Crippen molar-refractivity contribution in [3.05, 3.63) is 30.1 Å². The van der Waals surface area contributed by atoms with Crippen LogP contribution in [0.2, 0.25) is 0 Å². The molecule has 0 aromatic heterocycles. The van der Waals surface area contributed by atoms with Crippen molar-refractivity contribution in [1.82, 2.24) is 4.90 Å². The van der Waals surface area contributed by atoms with E-state index in [1.54, 1.807) is 12.1 Å². The Morgan fingerprint density at radius 2 is 1.95 bits per heavy atom. The molecule has 106 valence electrons. The molecule has 1 N–H and O–H groups in total. The van der Waals surface area contributed by atoms with Crippen LogP contribution in [0.4, 0.5) is 4.39 Å². The summed E-state index contributed by atoms with van der Waals surface area (Å²) in [5, 5.41) is 8.68. The van der Waals surface area contributed by atoms with Gasteiger partial charge in [0.2, 0.25) is 0 Å². The first-order valence-corrected chi connectivity index (χ1v) is 6.33. The molecule has 19 heavy (non-hydrogen) atoms. The molecule has 0 amide bonds. The number of aliphatic carboxylic acids is 1. The summed E-state index contributed by atoms with van der Waals surface area (Å²) in [6.07, 6.45) is 0.120. The molecule has 0 bridgehead atoms. The molecule has 0 unspecified atom stereocenters. The molecule has 0 saturated heterocycles. The van der Waals surface area contributed by atoms with E-state index in [9.17, 15) is 9.18 Å². The molecule has 1 aromatic rings. The Labute approximate surface area is 112 Å². The zero-order chi connectivity index (χ0) is 14.3. The van der Waals surface area contributed by atoms with Crippen molar-refractivity contribution in [3.8, 4) is 5.75 Å². The lowest BCUT2D eigenvalue weighted by Gasteiger charge is -2.25. The summed E-state index contributed by atoms with van der Waals surface area (Å²) in [7, 11) is 0. The van der Waals surface area contributed by atoms with Gasteiger partial charge in [0.05, 0.1) is 6.42 Å². The van der Waals surface area contributed by atoms with E-state index in [2.05, 4.69) is 0 Å². The van der Waals surface area contributed by atoms with E-state index in [0.29, 0.717) is 25.4 Å². The zero-order valence-corrected chi connectivity index (χ0v) is 11.3. The number of hydrogen-bond donors (Lipinski definition) is 1. The quantitative estimate of drug-likeness (QED) is 0.787. The fourth-order valence-corrected chi connectivity index (χ4v) is 1.68. The topological polar surface area (TPSA) is 49.8 Å². The van der Waals surface area contributed by atoms with E-state index in [-0.39, 0.29) is 18.3 Å². The van der Waals surface area contributed by atoms with Crippen LogP contribution in [0.25, 0.3) is 0 Å². The summed E-state index contributed by atoms with van der Waals surface area (Å²) in [6, 6.07) is 6.11. The Balaban J connectivity index is 2.35. The second kappa shape index (κ2) is 7.74. The van der Waals surface area contributed by atoms with Crippen LogP contribution in [0, 0.1) is 5.82 Å². The Morgan fingerprint density at radius 3 is 2.47 bits per heavy atom. The normalized spacial score (nSPS) is 11.0. The maximum absolute atomic E-state index is 12.7. The van der Waals surface area contributed by atoms with Gasteiger partial charge in [0.15, 0.2) is 0 Å². The van der Waals surface area contributed by atoms with Crippen LogP contribution in [0.15, 0.2) is 24.3 Å². The molecule has 0 radical (unpaired) electrons. The molecule has 1 rings (SSSR count). The van der Waals surface area contributed by atoms with Crippen LogP contribution < -0.4 is 4.74 Å². The van der Waals surface area contributed by atoms with E-state index in [0.717, 1.165) is 0 Å². The summed E-state index contributed by atoms with van der Waals surface area (Å²) in [4.78, 5) is 12.6. The summed E-state index contributed by atoms with van der Waals surface area (Å²) >= 11 is 0. The smallest absolute Gasteiger partial charge is 0.304 e. The van der Waals surface area contributed by atoms with Gasteiger partial charge in [-0.3, -0.25) is 9.69 Å². The second-order valence-electron chi connectivity index (χ2n) is 4.58. The number of carboxylic acids is 1. The molecule has 0 saturated carbocycles. The molecule has 4 nitrogen and oxygen atoms in total. The van der Waals surface area contributed by atoms with Crippen LogP contribution in [-0.4, -0.2) is 41.7 Å². The van der Waals surface area contributed by atoms with E-state index in [1.807, 2.05) is 18.7 Å². The van der Waals surface area contributed by atoms with E-state index < -0.39 is 5.97 Å². The van der Waals surface area contributed by atoms with E-state index in [4.69, 9.17) is 9.84 Å². The molecule has 0 fully saturated rings. The number of ether oxygens (including phenoxy) is 1.